The Hall–Kier alpha value is -2.23. The molecule has 0 aliphatic rings. The van der Waals surface area contributed by atoms with E-state index in [1.165, 1.54) is 30.3 Å². The van der Waals surface area contributed by atoms with Gasteiger partial charge in [0.05, 0.1) is 0 Å². The average molecular weight is 261 g/mol. The maximum atomic E-state index is 13.3. The van der Waals surface area contributed by atoms with Gasteiger partial charge >= 0.3 is 0 Å². The van der Waals surface area contributed by atoms with E-state index in [1.54, 1.807) is 19.1 Å². The number of hydrogen-bond acceptors (Lipinski definition) is 1. The Labute approximate surface area is 110 Å². The van der Waals surface area contributed by atoms with Crippen LogP contribution in [0.2, 0.25) is 0 Å². The highest BCUT2D eigenvalue weighted by molar-refractivity contribution is 5.94. The summed E-state index contributed by atoms with van der Waals surface area (Å²) in [5, 5.41) is 2.65. The number of rotatable bonds is 3. The summed E-state index contributed by atoms with van der Waals surface area (Å²) in [6, 6.07) is 10.1. The van der Waals surface area contributed by atoms with Crippen molar-refractivity contribution in [1.82, 2.24) is 5.32 Å². The van der Waals surface area contributed by atoms with Crippen LogP contribution in [0.15, 0.2) is 42.5 Å². The predicted molar refractivity (Wildman–Crippen MR) is 68.7 cm³/mol. The Morgan fingerprint density at radius 3 is 2.42 bits per heavy atom. The van der Waals surface area contributed by atoms with Crippen molar-refractivity contribution < 1.29 is 13.6 Å². The maximum absolute atomic E-state index is 13.3. The number of aryl methyl sites for hydroxylation is 1. The lowest BCUT2D eigenvalue weighted by atomic mass is 10.1. The zero-order chi connectivity index (χ0) is 13.8. The van der Waals surface area contributed by atoms with Crippen molar-refractivity contribution in [3.05, 3.63) is 70.8 Å². The van der Waals surface area contributed by atoms with Crippen molar-refractivity contribution in [2.75, 3.05) is 0 Å². The smallest absolute Gasteiger partial charge is 0.251 e. The van der Waals surface area contributed by atoms with Crippen LogP contribution in [0, 0.1) is 18.6 Å². The number of nitrogens with one attached hydrogen (secondary N) is 1. The largest absolute Gasteiger partial charge is 0.348 e. The van der Waals surface area contributed by atoms with Crippen LogP contribution in [-0.2, 0) is 6.54 Å². The highest BCUT2D eigenvalue weighted by atomic mass is 19.1. The molecule has 0 bridgehead atoms. The molecule has 2 nitrogen and oxygen atoms in total. The number of hydrogen-bond donors (Lipinski definition) is 1. The van der Waals surface area contributed by atoms with E-state index in [-0.39, 0.29) is 18.3 Å². The van der Waals surface area contributed by atoms with Crippen molar-refractivity contribution in [1.29, 1.82) is 0 Å². The third-order valence-corrected chi connectivity index (χ3v) is 2.80. The van der Waals surface area contributed by atoms with Crippen LogP contribution in [0.5, 0.6) is 0 Å². The Balaban J connectivity index is 2.00. The van der Waals surface area contributed by atoms with Crippen molar-refractivity contribution in [2.24, 2.45) is 0 Å². The van der Waals surface area contributed by atoms with Crippen molar-refractivity contribution >= 4 is 5.91 Å². The van der Waals surface area contributed by atoms with Gasteiger partial charge in [0.25, 0.3) is 5.91 Å². The molecule has 0 aliphatic heterocycles. The quantitative estimate of drug-likeness (QED) is 0.903. The summed E-state index contributed by atoms with van der Waals surface area (Å²) >= 11 is 0. The van der Waals surface area contributed by atoms with Crippen molar-refractivity contribution in [3.8, 4) is 0 Å². The van der Waals surface area contributed by atoms with E-state index in [4.69, 9.17) is 0 Å². The van der Waals surface area contributed by atoms with Crippen LogP contribution in [0.25, 0.3) is 0 Å². The third kappa shape index (κ3) is 3.37. The molecule has 0 spiro atoms. The number of halogens is 2. The molecule has 0 aromatic heterocycles. The summed E-state index contributed by atoms with van der Waals surface area (Å²) < 4.78 is 26.0. The van der Waals surface area contributed by atoms with Gasteiger partial charge in [0.1, 0.15) is 11.6 Å². The molecule has 0 heterocycles. The van der Waals surface area contributed by atoms with E-state index in [0.29, 0.717) is 16.7 Å². The minimum atomic E-state index is -0.392. The van der Waals surface area contributed by atoms with Gasteiger partial charge in [0.2, 0.25) is 0 Å². The fraction of sp³-hybridized carbons (Fsp3) is 0.133. The van der Waals surface area contributed by atoms with Crippen LogP contribution in [0.1, 0.15) is 21.5 Å². The van der Waals surface area contributed by atoms with Crippen LogP contribution in [0.4, 0.5) is 8.78 Å². The summed E-state index contributed by atoms with van der Waals surface area (Å²) in [6.45, 7) is 1.91. The third-order valence-electron chi connectivity index (χ3n) is 2.80. The fourth-order valence-corrected chi connectivity index (χ4v) is 1.63. The van der Waals surface area contributed by atoms with E-state index in [2.05, 4.69) is 5.32 Å². The van der Waals surface area contributed by atoms with E-state index >= 15 is 0 Å². The van der Waals surface area contributed by atoms with E-state index < -0.39 is 5.82 Å². The Morgan fingerprint density at radius 1 is 1.11 bits per heavy atom. The summed E-state index contributed by atoms with van der Waals surface area (Å²) in [5.74, 6) is -1.01. The van der Waals surface area contributed by atoms with Crippen LogP contribution < -0.4 is 5.32 Å². The molecule has 2 aromatic carbocycles. The molecule has 0 aliphatic carbocycles. The van der Waals surface area contributed by atoms with Gasteiger partial charge < -0.3 is 5.32 Å². The maximum Gasteiger partial charge on any atom is 0.251 e. The Bertz CT molecular complexity index is 594. The molecule has 0 atom stereocenters. The van der Waals surface area contributed by atoms with Crippen LogP contribution in [0.3, 0.4) is 0 Å². The van der Waals surface area contributed by atoms with Crippen molar-refractivity contribution in [3.63, 3.8) is 0 Å². The second-order valence-electron chi connectivity index (χ2n) is 4.27. The zero-order valence-electron chi connectivity index (χ0n) is 10.4. The van der Waals surface area contributed by atoms with E-state index in [9.17, 15) is 13.6 Å². The van der Waals surface area contributed by atoms with Crippen LogP contribution >= 0.6 is 0 Å². The van der Waals surface area contributed by atoms with Crippen LogP contribution in [-0.4, -0.2) is 5.91 Å². The summed E-state index contributed by atoms with van der Waals surface area (Å²) in [6.07, 6.45) is 0. The second kappa shape index (κ2) is 5.61. The standard InChI is InChI=1S/C15H13F2NO/c1-10-2-3-11(8-14(10)17)9-18-15(19)12-4-6-13(16)7-5-12/h2-8H,9H2,1H3,(H,18,19). The first-order valence-electron chi connectivity index (χ1n) is 5.85. The van der Waals surface area contributed by atoms with Gasteiger partial charge in [-0.25, -0.2) is 8.78 Å². The molecule has 0 saturated heterocycles. The monoisotopic (exact) mass is 261 g/mol. The molecule has 19 heavy (non-hydrogen) atoms. The second-order valence-corrected chi connectivity index (χ2v) is 4.27. The number of benzene rings is 2. The van der Waals surface area contributed by atoms with Crippen molar-refractivity contribution in [2.45, 2.75) is 13.5 Å². The molecular weight excluding hydrogens is 248 g/mol. The zero-order valence-corrected chi connectivity index (χ0v) is 10.4. The Morgan fingerprint density at radius 2 is 1.79 bits per heavy atom. The summed E-state index contributed by atoms with van der Waals surface area (Å²) in [5.41, 5.74) is 1.61. The van der Waals surface area contributed by atoms with E-state index in [0.717, 1.165) is 0 Å². The van der Waals surface area contributed by atoms with Gasteiger partial charge in [0.15, 0.2) is 0 Å². The summed E-state index contributed by atoms with van der Waals surface area (Å²) in [7, 11) is 0. The fourth-order valence-electron chi connectivity index (χ4n) is 1.63. The number of carbonyl (C=O) groups excluding carboxylic acids is 1. The van der Waals surface area contributed by atoms with E-state index in [1.807, 2.05) is 0 Å². The van der Waals surface area contributed by atoms with Gasteiger partial charge in [-0.05, 0) is 48.4 Å². The average Bonchev–Trinajstić information content (AvgIpc) is 2.40. The molecular formula is C15H13F2NO. The molecule has 0 unspecified atom stereocenters. The number of carbonyl (C=O) groups is 1. The first-order valence-corrected chi connectivity index (χ1v) is 5.85. The molecule has 2 aromatic rings. The lowest BCUT2D eigenvalue weighted by molar-refractivity contribution is 0.0951. The van der Waals surface area contributed by atoms with Gasteiger partial charge in [0, 0.05) is 12.1 Å². The van der Waals surface area contributed by atoms with Gasteiger partial charge in [-0.15, -0.1) is 0 Å². The molecule has 1 amide bonds. The molecule has 2 rings (SSSR count). The van der Waals surface area contributed by atoms with Gasteiger partial charge in [-0.3, -0.25) is 4.79 Å². The highest BCUT2D eigenvalue weighted by Gasteiger charge is 2.06. The number of amides is 1. The molecule has 0 fully saturated rings. The predicted octanol–water partition coefficient (Wildman–Crippen LogP) is 3.20. The minimum absolute atomic E-state index is 0.230. The van der Waals surface area contributed by atoms with Gasteiger partial charge in [-0.2, -0.15) is 0 Å². The molecule has 0 radical (unpaired) electrons. The molecule has 0 saturated carbocycles. The molecule has 1 N–H and O–H groups in total. The topological polar surface area (TPSA) is 29.1 Å². The lowest BCUT2D eigenvalue weighted by Gasteiger charge is -2.06. The highest BCUT2D eigenvalue weighted by Crippen LogP contribution is 2.09. The van der Waals surface area contributed by atoms with Gasteiger partial charge in [-0.1, -0.05) is 12.1 Å². The lowest BCUT2D eigenvalue weighted by Crippen LogP contribution is -2.22. The molecule has 98 valence electrons. The molecule has 4 heteroatoms. The summed E-state index contributed by atoms with van der Waals surface area (Å²) in [4.78, 5) is 11.8. The minimum Gasteiger partial charge on any atom is -0.348 e. The first-order chi connectivity index (χ1) is 9.06. The SMILES string of the molecule is Cc1ccc(CNC(=O)c2ccc(F)cc2)cc1F. The first kappa shape index (κ1) is 13.2. The Kier molecular flexibility index (Phi) is 3.90. The normalized spacial score (nSPS) is 10.3.